The number of methoxy groups -OCH3 is 3. The van der Waals surface area contributed by atoms with E-state index in [1.807, 2.05) is 54.6 Å². The van der Waals surface area contributed by atoms with Crippen molar-refractivity contribution < 1.29 is 23.8 Å². The van der Waals surface area contributed by atoms with Gasteiger partial charge in [-0.1, -0.05) is 48.0 Å². The summed E-state index contributed by atoms with van der Waals surface area (Å²) >= 11 is 0. The molecule has 0 aliphatic heterocycles. The molecule has 2 aromatic rings. The SMILES string of the molecule is COC(=O)C1(C(=O)OC)CC(Cc2ccccc2)=C(c2ccc(OC)cc2)C1. The van der Waals surface area contributed by atoms with Crippen LogP contribution < -0.4 is 4.74 Å². The predicted octanol–water partition coefficient (Wildman–Crippen LogP) is 3.82. The summed E-state index contributed by atoms with van der Waals surface area (Å²) < 4.78 is 15.2. The normalized spacial score (nSPS) is 15.2. The van der Waals surface area contributed by atoms with Gasteiger partial charge < -0.3 is 14.2 Å². The maximum Gasteiger partial charge on any atom is 0.323 e. The first kappa shape index (κ1) is 19.7. The third kappa shape index (κ3) is 3.65. The molecule has 0 saturated heterocycles. The van der Waals surface area contributed by atoms with E-state index in [0.717, 1.165) is 28.0 Å². The first-order valence-electron chi connectivity index (χ1n) is 9.10. The summed E-state index contributed by atoms with van der Waals surface area (Å²) in [5, 5.41) is 0. The van der Waals surface area contributed by atoms with Crippen molar-refractivity contribution in [3.8, 4) is 5.75 Å². The van der Waals surface area contributed by atoms with Crippen molar-refractivity contribution in [2.75, 3.05) is 21.3 Å². The molecule has 0 bridgehead atoms. The van der Waals surface area contributed by atoms with E-state index in [9.17, 15) is 9.59 Å². The first-order chi connectivity index (χ1) is 13.5. The monoisotopic (exact) mass is 380 g/mol. The van der Waals surface area contributed by atoms with E-state index in [2.05, 4.69) is 0 Å². The maximum absolute atomic E-state index is 12.6. The van der Waals surface area contributed by atoms with Crippen LogP contribution in [0.1, 0.15) is 24.0 Å². The van der Waals surface area contributed by atoms with Crippen molar-refractivity contribution in [3.05, 3.63) is 71.3 Å². The van der Waals surface area contributed by atoms with Gasteiger partial charge in [-0.05, 0) is 41.7 Å². The number of carbonyl (C=O) groups excluding carboxylic acids is 2. The average molecular weight is 380 g/mol. The van der Waals surface area contributed by atoms with E-state index >= 15 is 0 Å². The van der Waals surface area contributed by atoms with Crippen LogP contribution in [0.4, 0.5) is 0 Å². The van der Waals surface area contributed by atoms with Crippen LogP contribution in [0.15, 0.2) is 60.2 Å². The summed E-state index contributed by atoms with van der Waals surface area (Å²) in [5.41, 5.74) is 2.74. The summed E-state index contributed by atoms with van der Waals surface area (Å²) in [6, 6.07) is 17.6. The fourth-order valence-electron chi connectivity index (χ4n) is 3.83. The van der Waals surface area contributed by atoms with Gasteiger partial charge in [-0.15, -0.1) is 0 Å². The molecule has 0 aromatic heterocycles. The van der Waals surface area contributed by atoms with Crippen molar-refractivity contribution in [2.24, 2.45) is 5.41 Å². The Morgan fingerprint density at radius 3 is 2.00 bits per heavy atom. The first-order valence-corrected chi connectivity index (χ1v) is 9.10. The van der Waals surface area contributed by atoms with E-state index in [1.54, 1.807) is 7.11 Å². The van der Waals surface area contributed by atoms with Gasteiger partial charge in [0.2, 0.25) is 0 Å². The summed E-state index contributed by atoms with van der Waals surface area (Å²) in [6.07, 6.45) is 1.18. The second-order valence-corrected chi connectivity index (χ2v) is 6.89. The lowest BCUT2D eigenvalue weighted by Gasteiger charge is -2.23. The van der Waals surface area contributed by atoms with Crippen LogP contribution in [0.3, 0.4) is 0 Å². The fourth-order valence-corrected chi connectivity index (χ4v) is 3.83. The number of allylic oxidation sites excluding steroid dienone is 2. The van der Waals surface area contributed by atoms with Gasteiger partial charge in [-0.2, -0.15) is 0 Å². The molecule has 1 aliphatic carbocycles. The molecule has 28 heavy (non-hydrogen) atoms. The average Bonchev–Trinajstić information content (AvgIpc) is 3.13. The highest BCUT2D eigenvalue weighted by Crippen LogP contribution is 2.49. The standard InChI is InChI=1S/C23H24O5/c1-26-19-11-9-17(10-12-19)20-15-23(21(24)27-2,22(25)28-3)14-18(20)13-16-7-5-4-6-8-16/h4-12H,13-15H2,1-3H3. The molecule has 146 valence electrons. The molecule has 5 nitrogen and oxygen atoms in total. The number of benzene rings is 2. The molecule has 5 heteroatoms. The van der Waals surface area contributed by atoms with Crippen molar-refractivity contribution in [3.63, 3.8) is 0 Å². The van der Waals surface area contributed by atoms with Crippen LogP contribution in [0.25, 0.3) is 5.57 Å². The quantitative estimate of drug-likeness (QED) is 0.563. The van der Waals surface area contributed by atoms with Crippen molar-refractivity contribution in [1.29, 1.82) is 0 Å². The van der Waals surface area contributed by atoms with Crippen molar-refractivity contribution in [1.82, 2.24) is 0 Å². The van der Waals surface area contributed by atoms with Crippen LogP contribution in [-0.4, -0.2) is 33.3 Å². The van der Waals surface area contributed by atoms with Crippen molar-refractivity contribution >= 4 is 17.5 Å². The molecule has 1 aliphatic rings. The Morgan fingerprint density at radius 1 is 0.857 bits per heavy atom. The number of rotatable bonds is 6. The Kier molecular flexibility index (Phi) is 5.83. The molecule has 0 unspecified atom stereocenters. The van der Waals surface area contributed by atoms with Gasteiger partial charge in [0.05, 0.1) is 21.3 Å². The van der Waals surface area contributed by atoms with Crippen molar-refractivity contribution in [2.45, 2.75) is 19.3 Å². The molecule has 0 heterocycles. The smallest absolute Gasteiger partial charge is 0.323 e. The Labute approximate surface area is 164 Å². The van der Waals surface area contributed by atoms with Crippen LogP contribution in [0, 0.1) is 5.41 Å². The number of esters is 2. The van der Waals surface area contributed by atoms with E-state index < -0.39 is 17.4 Å². The van der Waals surface area contributed by atoms with Crippen LogP contribution in [0.5, 0.6) is 5.75 Å². The van der Waals surface area contributed by atoms with Crippen LogP contribution in [-0.2, 0) is 25.5 Å². The van der Waals surface area contributed by atoms with E-state index in [4.69, 9.17) is 14.2 Å². The van der Waals surface area contributed by atoms with Gasteiger partial charge in [0.1, 0.15) is 5.75 Å². The third-order valence-electron chi connectivity index (χ3n) is 5.27. The summed E-state index contributed by atoms with van der Waals surface area (Å²) in [5.74, 6) is -0.374. The molecule has 0 saturated carbocycles. The molecular formula is C23H24O5. The lowest BCUT2D eigenvalue weighted by molar-refractivity contribution is -0.168. The second-order valence-electron chi connectivity index (χ2n) is 6.89. The lowest BCUT2D eigenvalue weighted by atomic mass is 9.82. The zero-order valence-electron chi connectivity index (χ0n) is 16.4. The number of carbonyl (C=O) groups is 2. The van der Waals surface area contributed by atoms with Gasteiger partial charge in [-0.25, -0.2) is 0 Å². The van der Waals surface area contributed by atoms with Gasteiger partial charge in [-0.3, -0.25) is 9.59 Å². The molecular weight excluding hydrogens is 356 g/mol. The number of hydrogen-bond acceptors (Lipinski definition) is 5. The van der Waals surface area contributed by atoms with E-state index in [0.29, 0.717) is 6.42 Å². The number of hydrogen-bond donors (Lipinski definition) is 0. The predicted molar refractivity (Wildman–Crippen MR) is 106 cm³/mol. The van der Waals surface area contributed by atoms with E-state index in [-0.39, 0.29) is 12.8 Å². The molecule has 2 aromatic carbocycles. The minimum atomic E-state index is -1.34. The largest absolute Gasteiger partial charge is 0.497 e. The fraction of sp³-hybridized carbons (Fsp3) is 0.304. The van der Waals surface area contributed by atoms with Gasteiger partial charge >= 0.3 is 11.9 Å². The van der Waals surface area contributed by atoms with Crippen LogP contribution >= 0.6 is 0 Å². The zero-order valence-corrected chi connectivity index (χ0v) is 16.4. The molecule has 0 radical (unpaired) electrons. The van der Waals surface area contributed by atoms with Gasteiger partial charge in [0.15, 0.2) is 5.41 Å². The Hall–Kier alpha value is -3.08. The third-order valence-corrected chi connectivity index (χ3v) is 5.27. The van der Waals surface area contributed by atoms with Gasteiger partial charge in [0.25, 0.3) is 0 Å². The summed E-state index contributed by atoms with van der Waals surface area (Å²) in [6.45, 7) is 0. The van der Waals surface area contributed by atoms with Gasteiger partial charge in [0, 0.05) is 6.42 Å². The Morgan fingerprint density at radius 2 is 1.46 bits per heavy atom. The maximum atomic E-state index is 12.6. The minimum absolute atomic E-state index is 0.251. The summed E-state index contributed by atoms with van der Waals surface area (Å²) in [4.78, 5) is 25.3. The van der Waals surface area contributed by atoms with E-state index in [1.165, 1.54) is 14.2 Å². The molecule has 0 fully saturated rings. The molecule has 0 N–H and O–H groups in total. The zero-order chi connectivity index (χ0) is 20.1. The molecule has 0 amide bonds. The minimum Gasteiger partial charge on any atom is -0.497 e. The lowest BCUT2D eigenvalue weighted by Crippen LogP contribution is -2.39. The Balaban J connectivity index is 2.05. The highest BCUT2D eigenvalue weighted by Gasteiger charge is 2.53. The molecule has 3 rings (SSSR count). The Bertz CT molecular complexity index is 865. The highest BCUT2D eigenvalue weighted by molar-refractivity contribution is 6.04. The highest BCUT2D eigenvalue weighted by atomic mass is 16.5. The van der Waals surface area contributed by atoms with Crippen LogP contribution in [0.2, 0.25) is 0 Å². The second kappa shape index (κ2) is 8.30. The number of ether oxygens (including phenoxy) is 3. The molecule has 0 spiro atoms. The molecule has 0 atom stereocenters. The summed E-state index contributed by atoms with van der Waals surface area (Å²) in [7, 11) is 4.22. The topological polar surface area (TPSA) is 61.8 Å².